The second-order valence-corrected chi connectivity index (χ2v) is 7.89. The van der Waals surface area contributed by atoms with Gasteiger partial charge in [0.25, 0.3) is 11.6 Å². The molecule has 0 saturated carbocycles. The maximum atomic E-state index is 12.6. The van der Waals surface area contributed by atoms with E-state index in [4.69, 9.17) is 4.52 Å². The first-order valence-corrected chi connectivity index (χ1v) is 10.3. The van der Waals surface area contributed by atoms with Gasteiger partial charge in [0.1, 0.15) is 5.76 Å². The molecule has 3 aromatic rings. The molecule has 1 heterocycles. The van der Waals surface area contributed by atoms with Crippen molar-refractivity contribution in [3.63, 3.8) is 0 Å². The van der Waals surface area contributed by atoms with Gasteiger partial charge in [0.15, 0.2) is 5.82 Å². The number of hydrogen-bond donors (Lipinski definition) is 2. The van der Waals surface area contributed by atoms with E-state index >= 15 is 0 Å². The van der Waals surface area contributed by atoms with E-state index in [9.17, 15) is 19.7 Å². The van der Waals surface area contributed by atoms with Crippen molar-refractivity contribution in [1.29, 1.82) is 0 Å². The lowest BCUT2D eigenvalue weighted by Gasteiger charge is -2.14. The molecular weight excluding hydrogens is 420 g/mol. The van der Waals surface area contributed by atoms with Gasteiger partial charge in [-0.1, -0.05) is 24.2 Å². The summed E-state index contributed by atoms with van der Waals surface area (Å²) in [6.45, 7) is 3.64. The molecule has 0 aliphatic carbocycles. The predicted octanol–water partition coefficient (Wildman–Crippen LogP) is 4.65. The quantitative estimate of drug-likeness (QED) is 0.296. The maximum absolute atomic E-state index is 12.6. The number of nitro groups is 1. The number of anilines is 2. The number of nitrogens with zero attached hydrogens (tertiary/aromatic N) is 2. The number of rotatable bonds is 8. The van der Waals surface area contributed by atoms with Crippen LogP contribution in [0.2, 0.25) is 0 Å². The SMILES string of the molecule is CCC(Sc1cccc(NC(=O)c2cccc([N+](=O)[O-])c2)c1)C(=O)Nc1cc(C)on1. The summed E-state index contributed by atoms with van der Waals surface area (Å²) in [5.74, 6) is 0.298. The van der Waals surface area contributed by atoms with Gasteiger partial charge in [-0.25, -0.2) is 0 Å². The Balaban J connectivity index is 1.67. The van der Waals surface area contributed by atoms with Crippen molar-refractivity contribution in [3.8, 4) is 0 Å². The molecule has 0 spiro atoms. The number of hydrogen-bond acceptors (Lipinski definition) is 7. The molecular formula is C21H20N4O5S. The number of thioether (sulfide) groups is 1. The Morgan fingerprint density at radius 3 is 2.61 bits per heavy atom. The van der Waals surface area contributed by atoms with E-state index in [0.717, 1.165) is 4.90 Å². The van der Waals surface area contributed by atoms with Crippen LogP contribution in [0.15, 0.2) is 64.0 Å². The molecule has 0 aliphatic rings. The van der Waals surface area contributed by atoms with Crippen molar-refractivity contribution in [2.45, 2.75) is 30.4 Å². The standard InChI is InChI=1S/C21H20N4O5S/c1-3-18(21(27)23-19-10-13(2)30-24-19)31-17-9-5-7-15(12-17)22-20(26)14-6-4-8-16(11-14)25(28)29/h4-12,18H,3H2,1-2H3,(H,22,26)(H,23,24,27). The number of benzene rings is 2. The van der Waals surface area contributed by atoms with Gasteiger partial charge in [0.2, 0.25) is 5.91 Å². The zero-order valence-electron chi connectivity index (χ0n) is 16.8. The van der Waals surface area contributed by atoms with E-state index in [1.807, 2.05) is 13.0 Å². The maximum Gasteiger partial charge on any atom is 0.270 e. The lowest BCUT2D eigenvalue weighted by Crippen LogP contribution is -2.24. The Morgan fingerprint density at radius 1 is 1.16 bits per heavy atom. The fourth-order valence-corrected chi connectivity index (χ4v) is 3.74. The van der Waals surface area contributed by atoms with E-state index < -0.39 is 10.8 Å². The first kappa shape index (κ1) is 22.0. The number of carbonyl (C=O) groups is 2. The largest absolute Gasteiger partial charge is 0.360 e. The van der Waals surface area contributed by atoms with Gasteiger partial charge in [0.05, 0.1) is 10.2 Å². The zero-order chi connectivity index (χ0) is 22.4. The number of aryl methyl sites for hydroxylation is 1. The highest BCUT2D eigenvalue weighted by molar-refractivity contribution is 8.00. The fraction of sp³-hybridized carbons (Fsp3) is 0.190. The molecule has 10 heteroatoms. The molecule has 1 unspecified atom stereocenters. The van der Waals surface area contributed by atoms with Crippen molar-refractivity contribution >= 4 is 40.8 Å². The Morgan fingerprint density at radius 2 is 1.94 bits per heavy atom. The first-order chi connectivity index (χ1) is 14.9. The molecule has 160 valence electrons. The Kier molecular flexibility index (Phi) is 7.03. The summed E-state index contributed by atoms with van der Waals surface area (Å²) in [7, 11) is 0. The van der Waals surface area contributed by atoms with Crippen LogP contribution in [0.1, 0.15) is 29.5 Å². The molecule has 3 rings (SSSR count). The molecule has 2 N–H and O–H groups in total. The number of nitrogens with one attached hydrogen (secondary N) is 2. The molecule has 0 aliphatic heterocycles. The lowest BCUT2D eigenvalue weighted by atomic mass is 10.2. The second kappa shape index (κ2) is 9.90. The van der Waals surface area contributed by atoms with Gasteiger partial charge in [-0.2, -0.15) is 0 Å². The molecule has 31 heavy (non-hydrogen) atoms. The summed E-state index contributed by atoms with van der Waals surface area (Å²) in [5.41, 5.74) is 0.543. The van der Waals surface area contributed by atoms with Crippen LogP contribution in [0.4, 0.5) is 17.2 Å². The normalized spacial score (nSPS) is 11.5. The Bertz CT molecular complexity index is 1110. The third-order valence-corrected chi connectivity index (χ3v) is 5.59. The van der Waals surface area contributed by atoms with Gasteiger partial charge >= 0.3 is 0 Å². The first-order valence-electron chi connectivity index (χ1n) is 9.42. The van der Waals surface area contributed by atoms with Crippen LogP contribution < -0.4 is 10.6 Å². The molecule has 0 radical (unpaired) electrons. The fourth-order valence-electron chi connectivity index (χ4n) is 2.73. The van der Waals surface area contributed by atoms with E-state index in [2.05, 4.69) is 15.8 Å². The summed E-state index contributed by atoms with van der Waals surface area (Å²) in [4.78, 5) is 36.2. The van der Waals surface area contributed by atoms with Crippen LogP contribution in [-0.4, -0.2) is 27.1 Å². The van der Waals surface area contributed by atoms with E-state index in [-0.39, 0.29) is 22.4 Å². The Labute approximate surface area is 182 Å². The summed E-state index contributed by atoms with van der Waals surface area (Å²) < 4.78 is 4.96. The van der Waals surface area contributed by atoms with Crippen LogP contribution in [0.25, 0.3) is 0 Å². The van der Waals surface area contributed by atoms with Crippen LogP contribution in [0.5, 0.6) is 0 Å². The van der Waals surface area contributed by atoms with Gasteiger partial charge in [0, 0.05) is 34.3 Å². The summed E-state index contributed by atoms with van der Waals surface area (Å²) in [5, 5.41) is 19.8. The monoisotopic (exact) mass is 440 g/mol. The lowest BCUT2D eigenvalue weighted by molar-refractivity contribution is -0.384. The van der Waals surface area contributed by atoms with Crippen molar-refractivity contribution in [2.24, 2.45) is 0 Å². The molecule has 2 aromatic carbocycles. The summed E-state index contributed by atoms with van der Waals surface area (Å²) >= 11 is 1.36. The molecule has 0 fully saturated rings. The van der Waals surface area contributed by atoms with Crippen LogP contribution in [0, 0.1) is 17.0 Å². The number of carbonyl (C=O) groups excluding carboxylic acids is 2. The van der Waals surface area contributed by atoms with Crippen molar-refractivity contribution < 1.29 is 19.0 Å². The van der Waals surface area contributed by atoms with Crippen LogP contribution >= 0.6 is 11.8 Å². The van der Waals surface area contributed by atoms with Gasteiger partial charge in [-0.3, -0.25) is 19.7 Å². The van der Waals surface area contributed by atoms with Crippen molar-refractivity contribution in [2.75, 3.05) is 10.6 Å². The summed E-state index contributed by atoms with van der Waals surface area (Å²) in [6.07, 6.45) is 0.581. The number of amides is 2. The van der Waals surface area contributed by atoms with Gasteiger partial charge < -0.3 is 15.2 Å². The number of non-ortho nitro benzene ring substituents is 1. The number of nitro benzene ring substituents is 1. The highest BCUT2D eigenvalue weighted by atomic mass is 32.2. The van der Waals surface area contributed by atoms with Gasteiger partial charge in [-0.05, 0) is 37.6 Å². The highest BCUT2D eigenvalue weighted by Gasteiger charge is 2.20. The van der Waals surface area contributed by atoms with E-state index in [1.54, 1.807) is 31.2 Å². The topological polar surface area (TPSA) is 127 Å². The minimum atomic E-state index is -0.551. The molecule has 1 atom stereocenters. The van der Waals surface area contributed by atoms with Crippen molar-refractivity contribution in [1.82, 2.24) is 5.16 Å². The minimum absolute atomic E-state index is 0.156. The third kappa shape index (κ3) is 5.92. The molecule has 0 bridgehead atoms. The second-order valence-electron chi connectivity index (χ2n) is 6.62. The average Bonchev–Trinajstić information content (AvgIpc) is 3.16. The van der Waals surface area contributed by atoms with Gasteiger partial charge in [-0.15, -0.1) is 11.8 Å². The van der Waals surface area contributed by atoms with Crippen LogP contribution in [0.3, 0.4) is 0 Å². The number of aromatic nitrogens is 1. The van der Waals surface area contributed by atoms with E-state index in [0.29, 0.717) is 23.7 Å². The van der Waals surface area contributed by atoms with Crippen molar-refractivity contribution in [3.05, 3.63) is 76.0 Å². The predicted molar refractivity (Wildman–Crippen MR) is 117 cm³/mol. The van der Waals surface area contributed by atoms with Crippen LogP contribution in [-0.2, 0) is 4.79 Å². The highest BCUT2D eigenvalue weighted by Crippen LogP contribution is 2.29. The van der Waals surface area contributed by atoms with E-state index in [1.165, 1.54) is 36.0 Å². The zero-order valence-corrected chi connectivity index (χ0v) is 17.6. The average molecular weight is 440 g/mol. The third-order valence-electron chi connectivity index (χ3n) is 4.23. The minimum Gasteiger partial charge on any atom is -0.360 e. The molecule has 0 saturated heterocycles. The summed E-state index contributed by atoms with van der Waals surface area (Å²) in [6, 6.07) is 14.2. The smallest absolute Gasteiger partial charge is 0.270 e. The molecule has 9 nitrogen and oxygen atoms in total. The molecule has 2 amide bonds. The Hall–Kier alpha value is -3.66. The molecule has 1 aromatic heterocycles.